The molecule has 0 amide bonds. The van der Waals surface area contributed by atoms with Crippen molar-refractivity contribution in [3.63, 3.8) is 0 Å². The maximum Gasteiger partial charge on any atom is 0.243 e. The van der Waals surface area contributed by atoms with Crippen LogP contribution in [0.2, 0.25) is 0 Å². The van der Waals surface area contributed by atoms with Crippen molar-refractivity contribution >= 4 is 10.0 Å². The van der Waals surface area contributed by atoms with Crippen molar-refractivity contribution in [3.05, 3.63) is 65.0 Å². The Labute approximate surface area is 154 Å². The molecule has 4 rings (SSSR count). The highest BCUT2D eigenvalue weighted by Gasteiger charge is 2.34. The molecule has 1 aliphatic carbocycles. The predicted molar refractivity (Wildman–Crippen MR) is 99.0 cm³/mol. The van der Waals surface area contributed by atoms with Gasteiger partial charge in [0.05, 0.1) is 4.90 Å². The minimum atomic E-state index is -3.52. The van der Waals surface area contributed by atoms with Gasteiger partial charge < -0.3 is 0 Å². The van der Waals surface area contributed by atoms with Crippen molar-refractivity contribution < 1.29 is 12.8 Å². The van der Waals surface area contributed by atoms with Gasteiger partial charge in [0.25, 0.3) is 0 Å². The van der Waals surface area contributed by atoms with Crippen LogP contribution in [0.4, 0.5) is 4.39 Å². The molecule has 1 heterocycles. The van der Waals surface area contributed by atoms with E-state index in [1.807, 2.05) is 19.2 Å². The molecule has 0 bridgehead atoms. The van der Waals surface area contributed by atoms with Crippen LogP contribution in [0.5, 0.6) is 0 Å². The first-order valence-corrected chi connectivity index (χ1v) is 10.5. The molecule has 138 valence electrons. The Morgan fingerprint density at radius 3 is 2.50 bits per heavy atom. The second kappa shape index (κ2) is 6.76. The number of piperazine rings is 1. The van der Waals surface area contributed by atoms with E-state index in [2.05, 4.69) is 4.90 Å². The quantitative estimate of drug-likeness (QED) is 0.829. The molecule has 2 aromatic carbocycles. The first kappa shape index (κ1) is 17.6. The number of likely N-dealkylation sites (N-methyl/N-ethyl adjacent to an activating group) is 1. The molecule has 0 spiro atoms. The summed E-state index contributed by atoms with van der Waals surface area (Å²) >= 11 is 0. The number of aryl methyl sites for hydroxylation is 2. The minimum Gasteiger partial charge on any atom is -0.297 e. The fourth-order valence-electron chi connectivity index (χ4n) is 3.97. The third-order valence-corrected chi connectivity index (χ3v) is 7.43. The largest absolute Gasteiger partial charge is 0.297 e. The zero-order valence-electron chi connectivity index (χ0n) is 14.9. The van der Waals surface area contributed by atoms with E-state index in [0.717, 1.165) is 30.4 Å². The molecule has 1 unspecified atom stereocenters. The average Bonchev–Trinajstić information content (AvgIpc) is 3.10. The summed E-state index contributed by atoms with van der Waals surface area (Å²) in [6, 6.07) is 11.8. The second-order valence-electron chi connectivity index (χ2n) is 7.20. The molecule has 2 aromatic rings. The third-order valence-electron chi connectivity index (χ3n) is 5.57. The Morgan fingerprint density at radius 2 is 1.73 bits per heavy atom. The maximum absolute atomic E-state index is 13.2. The van der Waals surface area contributed by atoms with Crippen LogP contribution in [0.3, 0.4) is 0 Å². The predicted octanol–water partition coefficient (Wildman–Crippen LogP) is 2.99. The van der Waals surface area contributed by atoms with E-state index in [0.29, 0.717) is 24.5 Å². The normalized spacial score (nSPS) is 21.7. The number of halogens is 1. The SMILES string of the molecule is CN1CCN(S(=O)(=O)c2ccc3c(c2)CCC3)CC1c1ccc(F)cc1. The summed E-state index contributed by atoms with van der Waals surface area (Å²) in [5.74, 6) is -0.283. The van der Waals surface area contributed by atoms with E-state index in [9.17, 15) is 12.8 Å². The van der Waals surface area contributed by atoms with Gasteiger partial charge in [-0.3, -0.25) is 4.90 Å². The van der Waals surface area contributed by atoms with Gasteiger partial charge in [-0.25, -0.2) is 12.8 Å². The molecular formula is C20H23FN2O2S. The molecule has 0 aromatic heterocycles. The summed E-state index contributed by atoms with van der Waals surface area (Å²) in [4.78, 5) is 2.52. The highest BCUT2D eigenvalue weighted by atomic mass is 32.2. The van der Waals surface area contributed by atoms with Crippen molar-refractivity contribution in [2.45, 2.75) is 30.2 Å². The van der Waals surface area contributed by atoms with Gasteiger partial charge in [-0.1, -0.05) is 18.2 Å². The molecule has 6 heteroatoms. The highest BCUT2D eigenvalue weighted by molar-refractivity contribution is 7.89. The molecule has 1 fully saturated rings. The topological polar surface area (TPSA) is 40.6 Å². The number of rotatable bonds is 3. The van der Waals surface area contributed by atoms with E-state index in [1.165, 1.54) is 17.7 Å². The number of hydrogen-bond acceptors (Lipinski definition) is 3. The third kappa shape index (κ3) is 3.17. The van der Waals surface area contributed by atoms with E-state index in [-0.39, 0.29) is 11.9 Å². The Kier molecular flexibility index (Phi) is 4.59. The van der Waals surface area contributed by atoms with Crippen LogP contribution in [0, 0.1) is 5.82 Å². The molecule has 1 aliphatic heterocycles. The van der Waals surface area contributed by atoms with Crippen molar-refractivity contribution in [1.29, 1.82) is 0 Å². The molecule has 0 N–H and O–H groups in total. The summed E-state index contributed by atoms with van der Waals surface area (Å²) in [6.07, 6.45) is 3.09. The smallest absolute Gasteiger partial charge is 0.243 e. The first-order chi connectivity index (χ1) is 12.4. The van der Waals surface area contributed by atoms with E-state index >= 15 is 0 Å². The fourth-order valence-corrected chi connectivity index (χ4v) is 5.46. The van der Waals surface area contributed by atoms with Crippen LogP contribution in [0.25, 0.3) is 0 Å². The Morgan fingerprint density at radius 1 is 1.00 bits per heavy atom. The molecule has 26 heavy (non-hydrogen) atoms. The molecule has 0 radical (unpaired) electrons. The van der Waals surface area contributed by atoms with Gasteiger partial charge in [-0.15, -0.1) is 0 Å². The van der Waals surface area contributed by atoms with E-state index < -0.39 is 10.0 Å². The lowest BCUT2D eigenvalue weighted by Crippen LogP contribution is -2.48. The Hall–Kier alpha value is -1.76. The molecule has 2 aliphatic rings. The molecule has 1 atom stereocenters. The Balaban J connectivity index is 1.61. The van der Waals surface area contributed by atoms with Gasteiger partial charge in [0.15, 0.2) is 0 Å². The number of nitrogens with zero attached hydrogens (tertiary/aromatic N) is 2. The number of sulfonamides is 1. The van der Waals surface area contributed by atoms with Gasteiger partial charge in [0.2, 0.25) is 10.0 Å². The minimum absolute atomic E-state index is 0.0754. The summed E-state index contributed by atoms with van der Waals surface area (Å²) in [5.41, 5.74) is 3.37. The average molecular weight is 374 g/mol. The zero-order valence-corrected chi connectivity index (χ0v) is 15.7. The fraction of sp³-hybridized carbons (Fsp3) is 0.400. The molecular weight excluding hydrogens is 351 g/mol. The van der Waals surface area contributed by atoms with Crippen LogP contribution in [0.1, 0.15) is 29.2 Å². The lowest BCUT2D eigenvalue weighted by Gasteiger charge is -2.39. The van der Waals surface area contributed by atoms with Gasteiger partial charge in [0, 0.05) is 25.7 Å². The van der Waals surface area contributed by atoms with Crippen molar-refractivity contribution in [2.75, 3.05) is 26.7 Å². The second-order valence-corrected chi connectivity index (χ2v) is 9.13. The van der Waals surface area contributed by atoms with Crippen LogP contribution in [0.15, 0.2) is 47.4 Å². The number of benzene rings is 2. The summed E-state index contributed by atoms with van der Waals surface area (Å²) in [7, 11) is -1.54. The van der Waals surface area contributed by atoms with Gasteiger partial charge in [-0.05, 0) is 67.3 Å². The lowest BCUT2D eigenvalue weighted by molar-refractivity contribution is 0.148. The van der Waals surface area contributed by atoms with E-state index in [1.54, 1.807) is 22.5 Å². The zero-order chi connectivity index (χ0) is 18.3. The Bertz CT molecular complexity index is 912. The van der Waals surface area contributed by atoms with Crippen molar-refractivity contribution in [3.8, 4) is 0 Å². The number of hydrogen-bond donors (Lipinski definition) is 0. The lowest BCUT2D eigenvalue weighted by atomic mass is 10.0. The van der Waals surface area contributed by atoms with Gasteiger partial charge in [0.1, 0.15) is 5.82 Å². The maximum atomic E-state index is 13.2. The summed E-state index contributed by atoms with van der Waals surface area (Å²) in [5, 5.41) is 0. The molecule has 4 nitrogen and oxygen atoms in total. The highest BCUT2D eigenvalue weighted by Crippen LogP contribution is 2.30. The van der Waals surface area contributed by atoms with Gasteiger partial charge >= 0.3 is 0 Å². The molecule has 1 saturated heterocycles. The molecule has 0 saturated carbocycles. The first-order valence-electron chi connectivity index (χ1n) is 9.03. The van der Waals surface area contributed by atoms with Crippen molar-refractivity contribution in [1.82, 2.24) is 9.21 Å². The van der Waals surface area contributed by atoms with Gasteiger partial charge in [-0.2, -0.15) is 4.31 Å². The standard InChI is InChI=1S/C20H23FN2O2S/c1-22-11-12-23(14-20(22)16-5-8-18(21)9-6-16)26(24,25)19-10-7-15-3-2-4-17(15)13-19/h5-10,13,20H,2-4,11-12,14H2,1H3. The van der Waals surface area contributed by atoms with E-state index in [4.69, 9.17) is 0 Å². The van der Waals surface area contributed by atoms with Crippen LogP contribution >= 0.6 is 0 Å². The van der Waals surface area contributed by atoms with Crippen LogP contribution < -0.4 is 0 Å². The summed E-state index contributed by atoms with van der Waals surface area (Å²) < 4.78 is 41.1. The summed E-state index contributed by atoms with van der Waals surface area (Å²) in [6.45, 7) is 1.49. The number of fused-ring (bicyclic) bond motifs is 1. The van der Waals surface area contributed by atoms with Crippen LogP contribution in [-0.4, -0.2) is 44.3 Å². The monoisotopic (exact) mass is 374 g/mol. The van der Waals surface area contributed by atoms with Crippen LogP contribution in [-0.2, 0) is 22.9 Å². The van der Waals surface area contributed by atoms with Crippen molar-refractivity contribution in [2.24, 2.45) is 0 Å².